The van der Waals surface area contributed by atoms with E-state index in [9.17, 15) is 10.1 Å². The van der Waals surface area contributed by atoms with E-state index in [2.05, 4.69) is 38.7 Å². The second-order valence-corrected chi connectivity index (χ2v) is 10.4. The maximum absolute atomic E-state index is 12.8. The first-order valence-corrected chi connectivity index (χ1v) is 12.1. The smallest absolute Gasteiger partial charge is 0.248 e. The van der Waals surface area contributed by atoms with Crippen molar-refractivity contribution < 1.29 is 19.4 Å². The zero-order valence-electron chi connectivity index (χ0n) is 20.3. The topological polar surface area (TPSA) is 98.9 Å². The van der Waals surface area contributed by atoms with Crippen molar-refractivity contribution in [3.05, 3.63) is 22.4 Å². The molecule has 0 radical (unpaired) electrons. The van der Waals surface area contributed by atoms with Crippen LogP contribution in [-0.4, -0.2) is 72.0 Å². The Morgan fingerprint density at radius 1 is 1.33 bits per heavy atom. The van der Waals surface area contributed by atoms with Gasteiger partial charge in [-0.25, -0.2) is 4.98 Å². The number of pyridine rings is 1. The fourth-order valence-electron chi connectivity index (χ4n) is 5.01. The Hall–Kier alpha value is -2.21. The van der Waals surface area contributed by atoms with Crippen LogP contribution in [0.1, 0.15) is 68.8 Å². The van der Waals surface area contributed by atoms with E-state index in [-0.39, 0.29) is 43.3 Å². The van der Waals surface area contributed by atoms with Gasteiger partial charge in [0, 0.05) is 37.5 Å². The van der Waals surface area contributed by atoms with Gasteiger partial charge >= 0.3 is 0 Å². The van der Waals surface area contributed by atoms with E-state index in [4.69, 9.17) is 19.6 Å². The summed E-state index contributed by atoms with van der Waals surface area (Å²) in [6, 6.07) is 2.47. The number of anilines is 1. The largest absolute Gasteiger partial charge is 0.394 e. The summed E-state index contributed by atoms with van der Waals surface area (Å²) in [7, 11) is 0. The lowest BCUT2D eigenvalue weighted by molar-refractivity contribution is -0.140. The third-order valence-electron chi connectivity index (χ3n) is 6.98. The minimum Gasteiger partial charge on any atom is -0.394 e. The van der Waals surface area contributed by atoms with E-state index in [1.807, 2.05) is 4.90 Å². The third kappa shape index (κ3) is 5.01. The van der Waals surface area contributed by atoms with Crippen molar-refractivity contribution in [1.82, 2.24) is 9.88 Å². The zero-order chi connectivity index (χ0) is 23.8. The molecule has 8 heteroatoms. The number of hydrogen-bond acceptors (Lipinski definition) is 7. The van der Waals surface area contributed by atoms with Crippen molar-refractivity contribution in [2.45, 2.75) is 71.1 Å². The summed E-state index contributed by atoms with van der Waals surface area (Å²) in [5.74, 6) is 1.42. The molecular formula is C25H36N4O4. The molecule has 2 fully saturated rings. The first-order chi connectivity index (χ1) is 15.8. The van der Waals surface area contributed by atoms with Crippen LogP contribution in [0.2, 0.25) is 0 Å². The number of nitriles is 1. The van der Waals surface area contributed by atoms with Crippen LogP contribution in [-0.2, 0) is 27.3 Å². The molecule has 0 aromatic carbocycles. The van der Waals surface area contributed by atoms with Gasteiger partial charge in [0.25, 0.3) is 0 Å². The summed E-state index contributed by atoms with van der Waals surface area (Å²) >= 11 is 0. The van der Waals surface area contributed by atoms with Gasteiger partial charge in [-0.1, -0.05) is 13.8 Å². The average molecular weight is 457 g/mol. The summed E-state index contributed by atoms with van der Waals surface area (Å²) in [5.41, 5.74) is 3.67. The van der Waals surface area contributed by atoms with Crippen molar-refractivity contribution in [2.24, 2.45) is 5.92 Å². The lowest BCUT2D eigenvalue weighted by Crippen LogP contribution is -2.58. The molecule has 3 aliphatic rings. The van der Waals surface area contributed by atoms with E-state index in [0.29, 0.717) is 44.1 Å². The minimum absolute atomic E-state index is 0.00231. The van der Waals surface area contributed by atoms with Crippen LogP contribution in [0.25, 0.3) is 0 Å². The number of aromatic nitrogens is 1. The molecule has 4 rings (SSSR count). The number of carbonyl (C=O) groups is 1. The van der Waals surface area contributed by atoms with Gasteiger partial charge in [-0.15, -0.1) is 0 Å². The van der Waals surface area contributed by atoms with Crippen molar-refractivity contribution in [1.29, 1.82) is 5.26 Å². The predicted molar refractivity (Wildman–Crippen MR) is 124 cm³/mol. The zero-order valence-corrected chi connectivity index (χ0v) is 20.3. The van der Waals surface area contributed by atoms with Crippen molar-refractivity contribution in [2.75, 3.05) is 44.4 Å². The van der Waals surface area contributed by atoms with Gasteiger partial charge in [0.2, 0.25) is 5.91 Å². The Bertz CT molecular complexity index is 935. The highest BCUT2D eigenvalue weighted by Gasteiger charge is 2.39. The van der Waals surface area contributed by atoms with E-state index >= 15 is 0 Å². The van der Waals surface area contributed by atoms with Crippen LogP contribution >= 0.6 is 0 Å². The van der Waals surface area contributed by atoms with Crippen LogP contribution in [0.3, 0.4) is 0 Å². The van der Waals surface area contributed by atoms with Crippen molar-refractivity contribution in [3.63, 3.8) is 0 Å². The highest BCUT2D eigenvalue weighted by Crippen LogP contribution is 2.46. The number of piperazine rings is 1. The second-order valence-electron chi connectivity index (χ2n) is 10.4. The average Bonchev–Trinajstić information content (AvgIpc) is 3.62. The van der Waals surface area contributed by atoms with Gasteiger partial charge in [0.15, 0.2) is 0 Å². The molecule has 1 N–H and O–H groups in total. The van der Waals surface area contributed by atoms with E-state index in [1.165, 1.54) is 0 Å². The molecule has 0 bridgehead atoms. The van der Waals surface area contributed by atoms with Crippen LogP contribution in [0, 0.1) is 17.2 Å². The molecule has 1 aliphatic carbocycles. The monoisotopic (exact) mass is 456 g/mol. The van der Waals surface area contributed by atoms with Crippen molar-refractivity contribution in [3.8, 4) is 6.07 Å². The molecule has 8 nitrogen and oxygen atoms in total. The van der Waals surface area contributed by atoms with Gasteiger partial charge in [0.1, 0.15) is 18.5 Å². The quantitative estimate of drug-likeness (QED) is 0.629. The molecule has 180 valence electrons. The lowest BCUT2D eigenvalue weighted by Gasteiger charge is -2.44. The van der Waals surface area contributed by atoms with Crippen LogP contribution in [0.15, 0.2) is 0 Å². The standard InChI is InChI=1S/C25H36N4O4/c1-16(2)21-13-28(7-8-29(21)22(31)15-32-10-9-30)24-19(12-26)18-11-25(3,4)33-14-20(18)23(27-24)17-5-6-17/h16-17,21,30H,5-11,13-15H2,1-4H3. The fraction of sp³-hybridized carbons (Fsp3) is 0.720. The van der Waals surface area contributed by atoms with Gasteiger partial charge in [-0.05, 0) is 38.2 Å². The Balaban J connectivity index is 1.65. The van der Waals surface area contributed by atoms with E-state index < -0.39 is 0 Å². The second kappa shape index (κ2) is 9.57. The maximum Gasteiger partial charge on any atom is 0.248 e. The molecule has 0 spiro atoms. The number of aliphatic hydroxyl groups is 1. The first kappa shape index (κ1) is 23.9. The molecule has 1 aromatic heterocycles. The normalized spacial score (nSPS) is 22.3. The van der Waals surface area contributed by atoms with Gasteiger partial charge < -0.3 is 24.4 Å². The molecule has 1 saturated carbocycles. The Kier molecular flexibility index (Phi) is 6.94. The van der Waals surface area contributed by atoms with Crippen LogP contribution in [0.5, 0.6) is 0 Å². The third-order valence-corrected chi connectivity index (χ3v) is 6.98. The van der Waals surface area contributed by atoms with Crippen LogP contribution in [0.4, 0.5) is 5.82 Å². The number of hydrogen-bond donors (Lipinski definition) is 1. The number of amides is 1. The van der Waals surface area contributed by atoms with Crippen molar-refractivity contribution >= 4 is 11.7 Å². The number of carbonyl (C=O) groups excluding carboxylic acids is 1. The number of rotatable bonds is 7. The molecule has 1 unspecified atom stereocenters. The lowest BCUT2D eigenvalue weighted by atomic mass is 9.87. The van der Waals surface area contributed by atoms with E-state index in [0.717, 1.165) is 35.5 Å². The number of fused-ring (bicyclic) bond motifs is 1. The molecular weight excluding hydrogens is 420 g/mol. The highest BCUT2D eigenvalue weighted by molar-refractivity contribution is 5.78. The van der Waals surface area contributed by atoms with E-state index in [1.54, 1.807) is 0 Å². The minimum atomic E-state index is -0.307. The summed E-state index contributed by atoms with van der Waals surface area (Å²) in [5, 5.41) is 19.1. The molecule has 2 aliphatic heterocycles. The molecule has 3 heterocycles. The van der Waals surface area contributed by atoms with Gasteiger partial charge in [-0.3, -0.25) is 4.79 Å². The van der Waals surface area contributed by atoms with Gasteiger partial charge in [-0.2, -0.15) is 5.26 Å². The first-order valence-electron chi connectivity index (χ1n) is 12.1. The molecule has 33 heavy (non-hydrogen) atoms. The number of nitrogens with zero attached hydrogens (tertiary/aromatic N) is 4. The summed E-state index contributed by atoms with van der Waals surface area (Å²) in [4.78, 5) is 22.0. The Morgan fingerprint density at radius 2 is 2.09 bits per heavy atom. The van der Waals surface area contributed by atoms with Gasteiger partial charge in [0.05, 0.1) is 42.7 Å². The summed E-state index contributed by atoms with van der Waals surface area (Å²) < 4.78 is 11.4. The SMILES string of the molecule is CC(C)C1CN(c2nc(C3CC3)c3c(c2C#N)CC(C)(C)OC3)CCN1C(=O)COCCO. The molecule has 1 aromatic rings. The summed E-state index contributed by atoms with van der Waals surface area (Å²) in [6.07, 6.45) is 2.98. The van der Waals surface area contributed by atoms with Crippen LogP contribution < -0.4 is 4.90 Å². The molecule has 1 saturated heterocycles. The Morgan fingerprint density at radius 3 is 2.73 bits per heavy atom. The molecule has 1 amide bonds. The fourth-order valence-corrected chi connectivity index (χ4v) is 5.01. The number of ether oxygens (including phenoxy) is 2. The molecule has 1 atom stereocenters. The Labute approximate surface area is 196 Å². The maximum atomic E-state index is 12.8. The number of aliphatic hydroxyl groups excluding tert-OH is 1. The highest BCUT2D eigenvalue weighted by atomic mass is 16.5. The predicted octanol–water partition coefficient (Wildman–Crippen LogP) is 2.36. The summed E-state index contributed by atoms with van der Waals surface area (Å²) in [6.45, 7) is 10.8.